The van der Waals surface area contributed by atoms with Crippen LogP contribution in [-0.4, -0.2) is 17.6 Å². The Kier molecular flexibility index (Phi) is 4.77. The topological polar surface area (TPSA) is 63.3 Å². The van der Waals surface area contributed by atoms with Crippen LogP contribution < -0.4 is 5.73 Å². The number of rotatable bonds is 5. The summed E-state index contributed by atoms with van der Waals surface area (Å²) >= 11 is 6.05. The van der Waals surface area contributed by atoms with E-state index < -0.39 is 11.9 Å². The van der Waals surface area contributed by atoms with Gasteiger partial charge in [0.1, 0.15) is 0 Å². The van der Waals surface area contributed by atoms with E-state index in [1.54, 1.807) is 0 Å². The molecule has 1 aromatic carbocycles. The fraction of sp³-hybridized carbons (Fsp3) is 0.417. The number of hydrogen-bond donors (Lipinski definition) is 2. The summed E-state index contributed by atoms with van der Waals surface area (Å²) in [6.07, 6.45) is 0.908. The van der Waals surface area contributed by atoms with Gasteiger partial charge in [-0.1, -0.05) is 23.7 Å². The largest absolute Gasteiger partial charge is 0.481 e. The van der Waals surface area contributed by atoms with E-state index in [1.165, 1.54) is 0 Å². The number of carbonyl (C=O) groups is 1. The highest BCUT2D eigenvalue weighted by Crippen LogP contribution is 2.22. The lowest BCUT2D eigenvalue weighted by atomic mass is 9.96. The average molecular weight is 242 g/mol. The van der Waals surface area contributed by atoms with Gasteiger partial charge in [-0.15, -0.1) is 0 Å². The van der Waals surface area contributed by atoms with Gasteiger partial charge in [-0.25, -0.2) is 0 Å². The van der Waals surface area contributed by atoms with Crippen molar-refractivity contribution in [3.8, 4) is 0 Å². The summed E-state index contributed by atoms with van der Waals surface area (Å²) in [5.41, 5.74) is 7.32. The molecule has 3 N–H and O–H groups in total. The van der Waals surface area contributed by atoms with Crippen LogP contribution in [0.3, 0.4) is 0 Å². The van der Waals surface area contributed by atoms with Crippen LogP contribution in [0.4, 0.5) is 0 Å². The molecule has 0 bridgehead atoms. The molecule has 0 heterocycles. The van der Waals surface area contributed by atoms with E-state index in [0.29, 0.717) is 24.4 Å². The molecule has 88 valence electrons. The zero-order chi connectivity index (χ0) is 12.1. The summed E-state index contributed by atoms with van der Waals surface area (Å²) in [6, 6.07) is 5.66. The van der Waals surface area contributed by atoms with Crippen molar-refractivity contribution in [2.75, 3.05) is 6.54 Å². The van der Waals surface area contributed by atoms with Gasteiger partial charge in [0.2, 0.25) is 0 Å². The second-order valence-electron chi connectivity index (χ2n) is 3.91. The lowest BCUT2D eigenvalue weighted by molar-refractivity contribution is -0.141. The Hall–Kier alpha value is -1.06. The van der Waals surface area contributed by atoms with Gasteiger partial charge < -0.3 is 10.8 Å². The van der Waals surface area contributed by atoms with Crippen molar-refractivity contribution in [2.45, 2.75) is 19.8 Å². The highest BCUT2D eigenvalue weighted by atomic mass is 35.5. The summed E-state index contributed by atoms with van der Waals surface area (Å²) in [7, 11) is 0. The fourth-order valence-corrected chi connectivity index (χ4v) is 1.91. The third-order valence-electron chi connectivity index (χ3n) is 2.54. The van der Waals surface area contributed by atoms with E-state index in [1.807, 2.05) is 25.1 Å². The second-order valence-corrected chi connectivity index (χ2v) is 4.32. The minimum absolute atomic E-state index is 0.375. The number of nitrogens with two attached hydrogens (primary N) is 1. The first-order chi connectivity index (χ1) is 7.54. The molecule has 0 radical (unpaired) electrons. The SMILES string of the molecule is Cc1ccc(CC(CCN)C(=O)O)c(Cl)c1. The van der Waals surface area contributed by atoms with Gasteiger partial charge in [-0.3, -0.25) is 4.79 Å². The molecular formula is C12H16ClNO2. The third kappa shape index (κ3) is 3.51. The minimum Gasteiger partial charge on any atom is -0.481 e. The van der Waals surface area contributed by atoms with E-state index in [9.17, 15) is 4.79 Å². The number of hydrogen-bond acceptors (Lipinski definition) is 2. The zero-order valence-electron chi connectivity index (χ0n) is 9.24. The number of halogens is 1. The van der Waals surface area contributed by atoms with Gasteiger partial charge in [0, 0.05) is 5.02 Å². The Balaban J connectivity index is 2.81. The van der Waals surface area contributed by atoms with E-state index in [4.69, 9.17) is 22.4 Å². The van der Waals surface area contributed by atoms with Crippen LogP contribution in [0.15, 0.2) is 18.2 Å². The van der Waals surface area contributed by atoms with Crippen LogP contribution in [0.25, 0.3) is 0 Å². The standard InChI is InChI=1S/C12H16ClNO2/c1-8-2-3-9(11(13)6-8)7-10(4-5-14)12(15)16/h2-3,6,10H,4-5,7,14H2,1H3,(H,15,16). The molecule has 0 aromatic heterocycles. The molecule has 0 amide bonds. The zero-order valence-corrected chi connectivity index (χ0v) is 10.00. The van der Waals surface area contributed by atoms with Gasteiger partial charge in [-0.05, 0) is 43.5 Å². The summed E-state index contributed by atoms with van der Waals surface area (Å²) in [5.74, 6) is -1.27. The molecule has 1 aromatic rings. The Morgan fingerprint density at radius 2 is 2.25 bits per heavy atom. The lowest BCUT2D eigenvalue weighted by Gasteiger charge is -2.12. The third-order valence-corrected chi connectivity index (χ3v) is 2.89. The Morgan fingerprint density at radius 3 is 2.75 bits per heavy atom. The summed E-state index contributed by atoms with van der Waals surface area (Å²) in [5, 5.41) is 9.64. The maximum atomic E-state index is 11.0. The fourth-order valence-electron chi connectivity index (χ4n) is 1.60. The van der Waals surface area contributed by atoms with Crippen LogP contribution >= 0.6 is 11.6 Å². The minimum atomic E-state index is -0.818. The molecule has 0 aliphatic rings. The lowest BCUT2D eigenvalue weighted by Crippen LogP contribution is -2.20. The molecule has 3 nitrogen and oxygen atoms in total. The first-order valence-electron chi connectivity index (χ1n) is 5.22. The molecule has 0 saturated carbocycles. The first-order valence-corrected chi connectivity index (χ1v) is 5.60. The van der Waals surface area contributed by atoms with Crippen molar-refractivity contribution in [1.82, 2.24) is 0 Å². The number of aliphatic carboxylic acids is 1. The summed E-state index contributed by atoms with van der Waals surface area (Å²) in [4.78, 5) is 11.0. The summed E-state index contributed by atoms with van der Waals surface area (Å²) < 4.78 is 0. The molecule has 1 unspecified atom stereocenters. The highest BCUT2D eigenvalue weighted by Gasteiger charge is 2.18. The predicted molar refractivity (Wildman–Crippen MR) is 64.7 cm³/mol. The number of aryl methyl sites for hydroxylation is 1. The highest BCUT2D eigenvalue weighted by molar-refractivity contribution is 6.31. The quantitative estimate of drug-likeness (QED) is 0.831. The normalized spacial score (nSPS) is 12.4. The number of carboxylic acid groups (broad SMARTS) is 1. The van der Waals surface area contributed by atoms with E-state index in [2.05, 4.69) is 0 Å². The predicted octanol–water partition coefficient (Wildman–Crippen LogP) is 2.24. The second kappa shape index (κ2) is 5.87. The van der Waals surface area contributed by atoms with Crippen LogP contribution in [0.2, 0.25) is 5.02 Å². The van der Waals surface area contributed by atoms with E-state index in [-0.39, 0.29) is 0 Å². The van der Waals surface area contributed by atoms with Gasteiger partial charge in [0.25, 0.3) is 0 Å². The van der Waals surface area contributed by atoms with Crippen molar-refractivity contribution in [3.05, 3.63) is 34.3 Å². The van der Waals surface area contributed by atoms with Gasteiger partial charge >= 0.3 is 5.97 Å². The molecular weight excluding hydrogens is 226 g/mol. The van der Waals surface area contributed by atoms with E-state index in [0.717, 1.165) is 11.1 Å². The number of carboxylic acids is 1. The van der Waals surface area contributed by atoms with Crippen LogP contribution in [0.5, 0.6) is 0 Å². The molecule has 16 heavy (non-hydrogen) atoms. The molecule has 1 atom stereocenters. The van der Waals surface area contributed by atoms with Crippen molar-refractivity contribution < 1.29 is 9.90 Å². The van der Waals surface area contributed by atoms with Crippen molar-refractivity contribution in [3.63, 3.8) is 0 Å². The maximum Gasteiger partial charge on any atom is 0.306 e. The van der Waals surface area contributed by atoms with Crippen LogP contribution in [-0.2, 0) is 11.2 Å². The van der Waals surface area contributed by atoms with Crippen LogP contribution in [0, 0.1) is 12.8 Å². The van der Waals surface area contributed by atoms with Crippen molar-refractivity contribution >= 4 is 17.6 Å². The average Bonchev–Trinajstić information content (AvgIpc) is 2.20. The van der Waals surface area contributed by atoms with Gasteiger partial charge in [0.15, 0.2) is 0 Å². The molecule has 0 aliphatic carbocycles. The Bertz CT molecular complexity index is 379. The Morgan fingerprint density at radius 1 is 1.56 bits per heavy atom. The smallest absolute Gasteiger partial charge is 0.306 e. The first kappa shape index (κ1) is 13.0. The molecule has 0 saturated heterocycles. The molecule has 0 fully saturated rings. The van der Waals surface area contributed by atoms with Gasteiger partial charge in [0.05, 0.1) is 5.92 Å². The van der Waals surface area contributed by atoms with Crippen molar-refractivity contribution in [1.29, 1.82) is 0 Å². The van der Waals surface area contributed by atoms with E-state index >= 15 is 0 Å². The maximum absolute atomic E-state index is 11.0. The number of benzene rings is 1. The molecule has 1 rings (SSSR count). The molecule has 0 spiro atoms. The monoisotopic (exact) mass is 241 g/mol. The van der Waals surface area contributed by atoms with Crippen molar-refractivity contribution in [2.24, 2.45) is 11.7 Å². The molecule has 0 aliphatic heterocycles. The van der Waals surface area contributed by atoms with Crippen LogP contribution in [0.1, 0.15) is 17.5 Å². The molecule has 4 heteroatoms. The Labute approximate surface area is 100 Å². The summed E-state index contributed by atoms with van der Waals surface area (Å²) in [6.45, 7) is 2.32. The van der Waals surface area contributed by atoms with Gasteiger partial charge in [-0.2, -0.15) is 0 Å².